The number of nitrogens with zero attached hydrogens (tertiary/aromatic N) is 1. The molecule has 22 heavy (non-hydrogen) atoms. The van der Waals surface area contributed by atoms with E-state index in [1.54, 1.807) is 25.3 Å². The molecule has 122 valence electrons. The molecule has 0 saturated heterocycles. The van der Waals surface area contributed by atoms with E-state index < -0.39 is 0 Å². The third kappa shape index (κ3) is 7.09. The number of carbonyl (C=O) groups excluding carboxylic acids is 1. The van der Waals surface area contributed by atoms with Crippen LogP contribution in [0.25, 0.3) is 0 Å². The largest absolute Gasteiger partial charge is 0.493 e. The molecule has 0 aromatic heterocycles. The number of benzene rings is 1. The molecule has 0 heterocycles. The van der Waals surface area contributed by atoms with Gasteiger partial charge in [0.2, 0.25) is 0 Å². The SMILES string of the molecule is COc1ccccc1OCC(=O)NNC(=S)NCCN(C)C. The fourth-order valence-corrected chi connectivity index (χ4v) is 1.63. The fraction of sp³-hybridized carbons (Fsp3) is 0.429. The number of para-hydroxylation sites is 2. The van der Waals surface area contributed by atoms with E-state index in [0.29, 0.717) is 23.2 Å². The van der Waals surface area contributed by atoms with E-state index in [1.807, 2.05) is 25.1 Å². The van der Waals surface area contributed by atoms with Gasteiger partial charge in [0.05, 0.1) is 7.11 Å². The lowest BCUT2D eigenvalue weighted by molar-refractivity contribution is -0.123. The summed E-state index contributed by atoms with van der Waals surface area (Å²) in [4.78, 5) is 13.7. The zero-order chi connectivity index (χ0) is 16.4. The second-order valence-corrected chi connectivity index (χ2v) is 5.08. The van der Waals surface area contributed by atoms with Crippen molar-refractivity contribution in [3.63, 3.8) is 0 Å². The maximum absolute atomic E-state index is 11.7. The summed E-state index contributed by atoms with van der Waals surface area (Å²) in [5, 5.41) is 3.32. The highest BCUT2D eigenvalue weighted by molar-refractivity contribution is 7.80. The molecule has 1 aromatic rings. The van der Waals surface area contributed by atoms with E-state index in [1.165, 1.54) is 0 Å². The Labute approximate surface area is 135 Å². The summed E-state index contributed by atoms with van der Waals surface area (Å²) in [5.41, 5.74) is 5.07. The summed E-state index contributed by atoms with van der Waals surface area (Å²) in [7, 11) is 5.48. The highest BCUT2D eigenvalue weighted by Crippen LogP contribution is 2.25. The molecule has 8 heteroatoms. The first-order chi connectivity index (χ1) is 10.5. The molecule has 0 aliphatic heterocycles. The van der Waals surface area contributed by atoms with Crippen molar-refractivity contribution in [2.24, 2.45) is 0 Å². The number of thiocarbonyl (C=S) groups is 1. The minimum Gasteiger partial charge on any atom is -0.493 e. The minimum absolute atomic E-state index is 0.145. The fourth-order valence-electron chi connectivity index (χ4n) is 1.48. The molecule has 0 atom stereocenters. The number of amides is 1. The number of carbonyl (C=O) groups is 1. The number of nitrogens with one attached hydrogen (secondary N) is 3. The van der Waals surface area contributed by atoms with Crippen LogP contribution in [-0.2, 0) is 4.79 Å². The van der Waals surface area contributed by atoms with Gasteiger partial charge < -0.3 is 19.7 Å². The highest BCUT2D eigenvalue weighted by Gasteiger charge is 2.06. The Bertz CT molecular complexity index is 497. The van der Waals surface area contributed by atoms with Gasteiger partial charge in [-0.05, 0) is 38.4 Å². The summed E-state index contributed by atoms with van der Waals surface area (Å²) in [6.07, 6.45) is 0. The van der Waals surface area contributed by atoms with Gasteiger partial charge >= 0.3 is 0 Å². The average Bonchev–Trinajstić information content (AvgIpc) is 2.50. The number of hydrazine groups is 1. The standard InChI is InChI=1S/C14H22N4O3S/c1-18(2)9-8-15-14(22)17-16-13(19)10-21-12-7-5-4-6-11(12)20-3/h4-7H,8-10H2,1-3H3,(H,16,19)(H2,15,17,22). The molecule has 1 aromatic carbocycles. The first kappa shape index (κ1) is 18.0. The van der Waals surface area contributed by atoms with Crippen LogP contribution in [0.3, 0.4) is 0 Å². The Morgan fingerprint density at radius 2 is 1.91 bits per heavy atom. The monoisotopic (exact) mass is 326 g/mol. The van der Waals surface area contributed by atoms with Gasteiger partial charge in [0.1, 0.15) is 0 Å². The van der Waals surface area contributed by atoms with E-state index in [4.69, 9.17) is 21.7 Å². The van der Waals surface area contributed by atoms with Crippen LogP contribution in [-0.4, -0.2) is 56.8 Å². The van der Waals surface area contributed by atoms with E-state index in [9.17, 15) is 4.79 Å². The second-order valence-electron chi connectivity index (χ2n) is 4.67. The van der Waals surface area contributed by atoms with Crippen molar-refractivity contribution in [2.45, 2.75) is 0 Å². The molecule has 7 nitrogen and oxygen atoms in total. The molecule has 0 bridgehead atoms. The quantitative estimate of drug-likeness (QED) is 0.486. The predicted molar refractivity (Wildman–Crippen MR) is 88.9 cm³/mol. The third-order valence-corrected chi connectivity index (χ3v) is 2.83. The zero-order valence-electron chi connectivity index (χ0n) is 13.0. The molecule has 3 N–H and O–H groups in total. The van der Waals surface area contributed by atoms with Gasteiger partial charge in [-0.15, -0.1) is 0 Å². The molecule has 1 rings (SSSR count). The zero-order valence-corrected chi connectivity index (χ0v) is 13.8. The predicted octanol–water partition coefficient (Wildman–Crippen LogP) is 0.131. The van der Waals surface area contributed by atoms with Crippen LogP contribution in [0.2, 0.25) is 0 Å². The van der Waals surface area contributed by atoms with Gasteiger partial charge in [0.25, 0.3) is 5.91 Å². The van der Waals surface area contributed by atoms with Crippen LogP contribution in [0, 0.1) is 0 Å². The molecule has 0 saturated carbocycles. The summed E-state index contributed by atoms with van der Waals surface area (Å²) in [6.45, 7) is 1.38. The third-order valence-electron chi connectivity index (χ3n) is 2.59. The molecule has 0 unspecified atom stereocenters. The van der Waals surface area contributed by atoms with Gasteiger partial charge in [-0.3, -0.25) is 15.6 Å². The Kier molecular flexibility index (Phi) is 8.01. The Hall–Kier alpha value is -2.06. The first-order valence-electron chi connectivity index (χ1n) is 6.76. The average molecular weight is 326 g/mol. The van der Waals surface area contributed by atoms with Crippen LogP contribution in [0.15, 0.2) is 24.3 Å². The second kappa shape index (κ2) is 9.80. The van der Waals surface area contributed by atoms with Crippen LogP contribution in [0.1, 0.15) is 0 Å². The van der Waals surface area contributed by atoms with Crippen molar-refractivity contribution in [3.8, 4) is 11.5 Å². The molecule has 0 aliphatic carbocycles. The van der Waals surface area contributed by atoms with Gasteiger partial charge in [0, 0.05) is 13.1 Å². The normalized spacial score (nSPS) is 10.0. The topological polar surface area (TPSA) is 74.9 Å². The number of hydrogen-bond acceptors (Lipinski definition) is 5. The molecular weight excluding hydrogens is 304 g/mol. The van der Waals surface area contributed by atoms with Gasteiger partial charge in [-0.1, -0.05) is 12.1 Å². The van der Waals surface area contributed by atoms with Crippen molar-refractivity contribution >= 4 is 23.2 Å². The maximum Gasteiger partial charge on any atom is 0.276 e. The van der Waals surface area contributed by atoms with Crippen molar-refractivity contribution in [1.82, 2.24) is 21.1 Å². The van der Waals surface area contributed by atoms with Gasteiger partial charge in [0.15, 0.2) is 23.2 Å². The molecule has 0 fully saturated rings. The summed E-state index contributed by atoms with van der Waals surface area (Å²) < 4.78 is 10.5. The van der Waals surface area contributed by atoms with Crippen molar-refractivity contribution in [2.75, 3.05) is 40.9 Å². The van der Waals surface area contributed by atoms with Crippen molar-refractivity contribution in [3.05, 3.63) is 24.3 Å². The van der Waals surface area contributed by atoms with Crippen LogP contribution >= 0.6 is 12.2 Å². The molecule has 0 radical (unpaired) electrons. The number of ether oxygens (including phenoxy) is 2. The number of hydrogen-bond donors (Lipinski definition) is 3. The Morgan fingerprint density at radius 1 is 1.23 bits per heavy atom. The van der Waals surface area contributed by atoms with Gasteiger partial charge in [-0.25, -0.2) is 0 Å². The van der Waals surface area contributed by atoms with Gasteiger partial charge in [-0.2, -0.15) is 0 Å². The van der Waals surface area contributed by atoms with E-state index >= 15 is 0 Å². The van der Waals surface area contributed by atoms with E-state index in [-0.39, 0.29) is 12.5 Å². The summed E-state index contributed by atoms with van der Waals surface area (Å²) >= 11 is 5.03. The number of rotatable bonds is 7. The lowest BCUT2D eigenvalue weighted by Crippen LogP contribution is -2.49. The molecule has 0 aliphatic rings. The van der Waals surface area contributed by atoms with Crippen molar-refractivity contribution in [1.29, 1.82) is 0 Å². The minimum atomic E-state index is -0.345. The Morgan fingerprint density at radius 3 is 2.55 bits per heavy atom. The maximum atomic E-state index is 11.7. The summed E-state index contributed by atoms with van der Waals surface area (Å²) in [5.74, 6) is 0.735. The van der Waals surface area contributed by atoms with Crippen LogP contribution < -0.4 is 25.6 Å². The van der Waals surface area contributed by atoms with Crippen LogP contribution in [0.5, 0.6) is 11.5 Å². The smallest absolute Gasteiger partial charge is 0.276 e. The number of likely N-dealkylation sites (N-methyl/N-ethyl adjacent to an activating group) is 1. The highest BCUT2D eigenvalue weighted by atomic mass is 32.1. The Balaban J connectivity index is 2.24. The lowest BCUT2D eigenvalue weighted by Gasteiger charge is -2.14. The molecular formula is C14H22N4O3S. The molecule has 1 amide bonds. The lowest BCUT2D eigenvalue weighted by atomic mass is 10.3. The van der Waals surface area contributed by atoms with Crippen LogP contribution in [0.4, 0.5) is 0 Å². The summed E-state index contributed by atoms with van der Waals surface area (Å²) in [6, 6.07) is 7.12. The first-order valence-corrected chi connectivity index (χ1v) is 7.17. The van der Waals surface area contributed by atoms with Crippen molar-refractivity contribution < 1.29 is 14.3 Å². The van der Waals surface area contributed by atoms with E-state index in [0.717, 1.165) is 6.54 Å². The van der Waals surface area contributed by atoms with E-state index in [2.05, 4.69) is 16.2 Å². The number of methoxy groups -OCH3 is 1. The molecule has 0 spiro atoms.